The van der Waals surface area contributed by atoms with Gasteiger partial charge in [0.25, 0.3) is 0 Å². The molecule has 0 unspecified atom stereocenters. The number of likely N-dealkylation sites (tertiary alicyclic amines) is 1. The van der Waals surface area contributed by atoms with Crippen molar-refractivity contribution < 1.29 is 31.6 Å². The van der Waals surface area contributed by atoms with Gasteiger partial charge in [0.2, 0.25) is 0 Å². The van der Waals surface area contributed by atoms with Gasteiger partial charge in [0.1, 0.15) is 5.41 Å². The molecule has 0 amide bonds. The second-order valence-electron chi connectivity index (χ2n) is 7.21. The fraction of sp³-hybridized carbons (Fsp3) is 0.391. The van der Waals surface area contributed by atoms with E-state index >= 15 is 0 Å². The number of Topliss-reactive ketones (excluding diaryl/α,β-unsaturated/α-hetero) is 1. The maximum atomic E-state index is 12.8. The molecule has 0 aromatic heterocycles. The van der Waals surface area contributed by atoms with Gasteiger partial charge in [0.15, 0.2) is 5.78 Å². The maximum absolute atomic E-state index is 12.8. The topological polar surface area (TPSA) is 47.8 Å². The number of benzene rings is 2. The van der Waals surface area contributed by atoms with Gasteiger partial charge in [-0.1, -0.05) is 60.7 Å². The Hall–Kier alpha value is -2.17. The predicted molar refractivity (Wildman–Crippen MR) is 105 cm³/mol. The van der Waals surface area contributed by atoms with Crippen LogP contribution in [-0.2, 0) is 14.9 Å². The van der Waals surface area contributed by atoms with E-state index in [1.54, 1.807) is 0 Å². The lowest BCUT2D eigenvalue weighted by molar-refractivity contribution is -0.905. The van der Waals surface area contributed by atoms with Gasteiger partial charge in [-0.15, -0.1) is 0 Å². The standard InChI is InChI=1S/C23H27NO3.ClH/c1-2-27-22(26)23(20-11-7-4-8-12-20)14-17-24(18-15-23)16-13-21(25)19-9-5-3-6-10-19;/h3-12H,2,13-18H2,1H3;1H. The second-order valence-corrected chi connectivity index (χ2v) is 7.21. The lowest BCUT2D eigenvalue weighted by Gasteiger charge is -2.38. The minimum atomic E-state index is -0.551. The quantitative estimate of drug-likeness (QED) is 0.500. The zero-order valence-corrected chi connectivity index (χ0v) is 17.1. The van der Waals surface area contributed by atoms with Crippen LogP contribution in [0.1, 0.15) is 42.1 Å². The number of nitrogens with one attached hydrogen (secondary N) is 1. The molecule has 2 aromatic carbocycles. The Bertz CT molecular complexity index is 756. The molecule has 1 N–H and O–H groups in total. The van der Waals surface area contributed by atoms with E-state index in [0.29, 0.717) is 13.0 Å². The largest absolute Gasteiger partial charge is 1.00 e. The lowest BCUT2D eigenvalue weighted by atomic mass is 9.72. The van der Waals surface area contributed by atoms with Gasteiger partial charge in [0, 0.05) is 18.4 Å². The first-order valence-electron chi connectivity index (χ1n) is 9.80. The molecule has 28 heavy (non-hydrogen) atoms. The van der Waals surface area contributed by atoms with Crippen molar-refractivity contribution in [1.29, 1.82) is 0 Å². The summed E-state index contributed by atoms with van der Waals surface area (Å²) in [7, 11) is 0. The molecule has 1 heterocycles. The van der Waals surface area contributed by atoms with E-state index in [1.807, 2.05) is 67.6 Å². The van der Waals surface area contributed by atoms with Crippen molar-refractivity contribution in [1.82, 2.24) is 0 Å². The van der Waals surface area contributed by atoms with Crippen molar-refractivity contribution in [3.8, 4) is 0 Å². The van der Waals surface area contributed by atoms with Crippen LogP contribution in [0.15, 0.2) is 60.7 Å². The van der Waals surface area contributed by atoms with Gasteiger partial charge in [0.05, 0.1) is 32.7 Å². The summed E-state index contributed by atoms with van der Waals surface area (Å²) in [6.07, 6.45) is 2.05. The summed E-state index contributed by atoms with van der Waals surface area (Å²) in [6.45, 7) is 4.80. The molecule has 3 rings (SSSR count). The van der Waals surface area contributed by atoms with Crippen LogP contribution in [0.2, 0.25) is 0 Å². The highest BCUT2D eigenvalue weighted by molar-refractivity contribution is 5.96. The van der Waals surface area contributed by atoms with Gasteiger partial charge in [-0.3, -0.25) is 9.59 Å². The van der Waals surface area contributed by atoms with E-state index < -0.39 is 5.41 Å². The molecule has 0 bridgehead atoms. The van der Waals surface area contributed by atoms with Crippen molar-refractivity contribution in [2.45, 2.75) is 31.6 Å². The van der Waals surface area contributed by atoms with Crippen LogP contribution in [0.5, 0.6) is 0 Å². The first kappa shape index (κ1) is 22.1. The van der Waals surface area contributed by atoms with E-state index in [0.717, 1.165) is 43.6 Å². The number of hydrogen-bond donors (Lipinski definition) is 1. The summed E-state index contributed by atoms with van der Waals surface area (Å²) in [6, 6.07) is 19.4. The molecule has 150 valence electrons. The third-order valence-electron chi connectivity index (χ3n) is 5.60. The normalized spacial score (nSPS) is 21.4. The van der Waals surface area contributed by atoms with Crippen LogP contribution in [-0.4, -0.2) is 38.0 Å². The number of halogens is 1. The zero-order valence-electron chi connectivity index (χ0n) is 16.3. The monoisotopic (exact) mass is 401 g/mol. The average Bonchev–Trinajstić information content (AvgIpc) is 2.74. The van der Waals surface area contributed by atoms with Crippen LogP contribution in [0.4, 0.5) is 0 Å². The lowest BCUT2D eigenvalue weighted by Crippen LogP contribution is -3.13. The minimum Gasteiger partial charge on any atom is -1.00 e. The number of carbonyl (C=O) groups is 2. The molecule has 4 nitrogen and oxygen atoms in total. The van der Waals surface area contributed by atoms with Crippen molar-refractivity contribution in [2.75, 3.05) is 26.2 Å². The van der Waals surface area contributed by atoms with Crippen molar-refractivity contribution in [3.63, 3.8) is 0 Å². The average molecular weight is 402 g/mol. The fourth-order valence-corrected chi connectivity index (χ4v) is 3.98. The van der Waals surface area contributed by atoms with Gasteiger partial charge in [-0.25, -0.2) is 0 Å². The molecule has 0 radical (unpaired) electrons. The van der Waals surface area contributed by atoms with E-state index in [4.69, 9.17) is 4.74 Å². The highest BCUT2D eigenvalue weighted by Gasteiger charge is 2.45. The molecule has 1 aliphatic heterocycles. The number of ether oxygens (including phenoxy) is 1. The summed E-state index contributed by atoms with van der Waals surface area (Å²) in [5, 5.41) is 0. The van der Waals surface area contributed by atoms with Gasteiger partial charge < -0.3 is 22.0 Å². The molecule has 0 aliphatic carbocycles. The molecule has 1 fully saturated rings. The molecule has 1 aliphatic rings. The zero-order chi connectivity index (χ0) is 19.1. The number of piperidine rings is 1. The molecule has 1 saturated heterocycles. The number of carbonyl (C=O) groups excluding carboxylic acids is 2. The maximum Gasteiger partial charge on any atom is 0.317 e. The second kappa shape index (κ2) is 10.4. The Morgan fingerprint density at radius 2 is 1.54 bits per heavy atom. The van der Waals surface area contributed by atoms with E-state index in [9.17, 15) is 9.59 Å². The number of hydrogen-bond acceptors (Lipinski definition) is 3. The van der Waals surface area contributed by atoms with E-state index in [1.165, 1.54) is 4.90 Å². The Morgan fingerprint density at radius 3 is 2.11 bits per heavy atom. The number of ketones is 1. The van der Waals surface area contributed by atoms with Crippen LogP contribution in [0.25, 0.3) is 0 Å². The van der Waals surface area contributed by atoms with Crippen molar-refractivity contribution in [2.24, 2.45) is 0 Å². The molecule has 0 atom stereocenters. The third-order valence-corrected chi connectivity index (χ3v) is 5.60. The van der Waals surface area contributed by atoms with Gasteiger partial charge in [-0.2, -0.15) is 0 Å². The number of esters is 1. The van der Waals surface area contributed by atoms with Crippen LogP contribution in [0.3, 0.4) is 0 Å². The first-order valence-corrected chi connectivity index (χ1v) is 9.80. The Balaban J connectivity index is 0.00000280. The highest BCUT2D eigenvalue weighted by Crippen LogP contribution is 2.34. The first-order chi connectivity index (χ1) is 13.2. The molecule has 2 aromatic rings. The predicted octanol–water partition coefficient (Wildman–Crippen LogP) is -0.557. The Kier molecular flexibility index (Phi) is 8.21. The Morgan fingerprint density at radius 1 is 0.964 bits per heavy atom. The summed E-state index contributed by atoms with van der Waals surface area (Å²) >= 11 is 0. The van der Waals surface area contributed by atoms with Crippen LogP contribution in [0, 0.1) is 0 Å². The SMILES string of the molecule is CCOC(=O)C1(c2ccccc2)CC[NH+](CCC(=O)c2ccccc2)CC1.[Cl-]. The molecule has 5 heteroatoms. The van der Waals surface area contributed by atoms with Crippen molar-refractivity contribution >= 4 is 11.8 Å². The van der Waals surface area contributed by atoms with Gasteiger partial charge >= 0.3 is 5.97 Å². The highest BCUT2D eigenvalue weighted by atomic mass is 35.5. The molecular formula is C23H28ClNO3. The summed E-state index contributed by atoms with van der Waals surface area (Å²) < 4.78 is 5.43. The molecule has 0 spiro atoms. The third kappa shape index (κ3) is 5.00. The van der Waals surface area contributed by atoms with Crippen molar-refractivity contribution in [3.05, 3.63) is 71.8 Å². The van der Waals surface area contributed by atoms with E-state index in [2.05, 4.69) is 0 Å². The minimum absolute atomic E-state index is 0. The van der Waals surface area contributed by atoms with Crippen LogP contribution >= 0.6 is 0 Å². The van der Waals surface area contributed by atoms with Crippen LogP contribution < -0.4 is 17.3 Å². The number of rotatable bonds is 7. The summed E-state index contributed by atoms with van der Waals surface area (Å²) in [4.78, 5) is 26.5. The summed E-state index contributed by atoms with van der Waals surface area (Å²) in [5.41, 5.74) is 1.27. The molecule has 0 saturated carbocycles. The molecular weight excluding hydrogens is 374 g/mol. The van der Waals surface area contributed by atoms with Gasteiger partial charge in [-0.05, 0) is 12.5 Å². The summed E-state index contributed by atoms with van der Waals surface area (Å²) in [5.74, 6) is 0.0731. The smallest absolute Gasteiger partial charge is 0.317 e. The number of quaternary nitrogens is 1. The Labute approximate surface area is 173 Å². The van der Waals surface area contributed by atoms with E-state index in [-0.39, 0.29) is 24.2 Å². The fourth-order valence-electron chi connectivity index (χ4n) is 3.98.